The van der Waals surface area contributed by atoms with Gasteiger partial charge in [0, 0.05) is 50.8 Å². The van der Waals surface area contributed by atoms with Crippen LogP contribution in [0.3, 0.4) is 0 Å². The third-order valence-corrected chi connectivity index (χ3v) is 10.5. The molecule has 3 saturated heterocycles. The van der Waals surface area contributed by atoms with Crippen molar-refractivity contribution >= 4 is 34.7 Å². The zero-order chi connectivity index (χ0) is 31.2. The van der Waals surface area contributed by atoms with Gasteiger partial charge in [-0.3, -0.25) is 4.90 Å². The van der Waals surface area contributed by atoms with Crippen LogP contribution in [0.1, 0.15) is 64.5 Å². The predicted molar refractivity (Wildman–Crippen MR) is 190 cm³/mol. The Morgan fingerprint density at radius 1 is 0.886 bits per heavy atom. The maximum absolute atomic E-state index is 9.73. The Morgan fingerprint density at radius 2 is 1.64 bits per heavy atom. The molecule has 0 unspecified atom stereocenters. The van der Waals surface area contributed by atoms with Gasteiger partial charge in [0.1, 0.15) is 5.75 Å². The Balaban J connectivity index is 1.27. The summed E-state index contributed by atoms with van der Waals surface area (Å²) in [6.45, 7) is 15.5. The second kappa shape index (κ2) is 15.2. The van der Waals surface area contributed by atoms with E-state index in [0.29, 0.717) is 41.8 Å². The highest BCUT2D eigenvalue weighted by atomic mass is 32.1. The van der Waals surface area contributed by atoms with Crippen LogP contribution in [0.5, 0.6) is 5.75 Å². The molecule has 2 aromatic carbocycles. The van der Waals surface area contributed by atoms with Crippen molar-refractivity contribution in [2.75, 3.05) is 39.3 Å². The highest BCUT2D eigenvalue weighted by Crippen LogP contribution is 2.30. The number of likely N-dealkylation sites (tertiary alicyclic amines) is 1. The molecule has 0 aliphatic carbocycles. The maximum atomic E-state index is 9.73. The van der Waals surface area contributed by atoms with E-state index in [-0.39, 0.29) is 0 Å². The van der Waals surface area contributed by atoms with E-state index in [1.54, 1.807) is 12.1 Å². The van der Waals surface area contributed by atoms with Gasteiger partial charge in [-0.15, -0.1) is 0 Å². The number of thiocarbonyl (C=S) groups is 2. The molecule has 3 heterocycles. The first-order chi connectivity index (χ1) is 21.2. The number of phenolic OH excluding ortho intramolecular Hbond substituents is 1. The normalized spacial score (nSPS) is 23.4. The first-order valence-corrected chi connectivity index (χ1v) is 17.7. The summed E-state index contributed by atoms with van der Waals surface area (Å²) in [7, 11) is 0. The summed E-state index contributed by atoms with van der Waals surface area (Å²) in [6, 6.07) is 20.2. The number of hydrogen-bond acceptors (Lipinski definition) is 4. The fourth-order valence-corrected chi connectivity index (χ4v) is 8.31. The minimum absolute atomic E-state index is 0.315. The summed E-state index contributed by atoms with van der Waals surface area (Å²) in [4.78, 5) is 10.4. The van der Waals surface area contributed by atoms with Gasteiger partial charge in [0.25, 0.3) is 0 Å². The van der Waals surface area contributed by atoms with Crippen LogP contribution in [0.15, 0.2) is 54.6 Å². The number of hydrogen-bond donors (Lipinski definition) is 2. The summed E-state index contributed by atoms with van der Waals surface area (Å²) < 4.78 is 0. The number of nitrogens with zero attached hydrogens (tertiary/aromatic N) is 4. The van der Waals surface area contributed by atoms with Crippen LogP contribution in [0.25, 0.3) is 0 Å². The molecule has 2 N–H and O–H groups in total. The molecule has 0 bridgehead atoms. The minimum atomic E-state index is 0.315. The molecule has 0 saturated carbocycles. The third kappa shape index (κ3) is 8.43. The lowest BCUT2D eigenvalue weighted by molar-refractivity contribution is 0.149. The second-order valence-electron chi connectivity index (χ2n) is 14.1. The molecule has 4 atom stereocenters. The first kappa shape index (κ1) is 33.0. The zero-order valence-electron chi connectivity index (χ0n) is 27.2. The van der Waals surface area contributed by atoms with E-state index in [2.05, 4.69) is 82.9 Å². The van der Waals surface area contributed by atoms with Crippen molar-refractivity contribution < 1.29 is 5.11 Å². The minimum Gasteiger partial charge on any atom is -0.508 e. The highest BCUT2D eigenvalue weighted by Gasteiger charge is 2.40. The van der Waals surface area contributed by atoms with Gasteiger partial charge in [-0.05, 0) is 105 Å². The Labute approximate surface area is 276 Å². The van der Waals surface area contributed by atoms with E-state index in [4.69, 9.17) is 24.4 Å². The summed E-state index contributed by atoms with van der Waals surface area (Å²) in [6.07, 6.45) is 6.73. The molecule has 0 aromatic heterocycles. The molecular weight excluding hydrogens is 583 g/mol. The topological polar surface area (TPSA) is 45.2 Å². The Kier molecular flexibility index (Phi) is 11.4. The van der Waals surface area contributed by atoms with Gasteiger partial charge in [-0.1, -0.05) is 70.2 Å². The number of benzene rings is 2. The van der Waals surface area contributed by atoms with Gasteiger partial charge >= 0.3 is 0 Å². The Hall–Kier alpha value is -2.42. The van der Waals surface area contributed by atoms with Gasteiger partial charge in [0.2, 0.25) is 0 Å². The average Bonchev–Trinajstić information content (AvgIpc) is 3.66. The van der Waals surface area contributed by atoms with E-state index in [9.17, 15) is 5.11 Å². The van der Waals surface area contributed by atoms with Crippen molar-refractivity contribution in [3.05, 3.63) is 65.7 Å². The van der Waals surface area contributed by atoms with E-state index < -0.39 is 0 Å². The molecule has 5 rings (SSSR count). The van der Waals surface area contributed by atoms with E-state index >= 15 is 0 Å². The number of rotatable bonds is 14. The van der Waals surface area contributed by atoms with Crippen LogP contribution >= 0.6 is 24.4 Å². The summed E-state index contributed by atoms with van der Waals surface area (Å²) in [5, 5.41) is 15.1. The predicted octanol–water partition coefficient (Wildman–Crippen LogP) is 5.93. The standard InChI is InChI=1S/C36H53N5OS2/c1-26(2)19-32(41-25-33(20-27(3)4)39(36(41)44)18-16-28-9-6-5-7-10-28)23-38-17-8-11-30(38)24-40-31(22-37-35(40)43)21-29-12-14-34(42)15-13-29/h5-7,9-10,12-15,26-27,30-33,42H,8,11,16-25H2,1-4H3,(H,37,43)/t30-,31+,32+,33+/m1/s1. The van der Waals surface area contributed by atoms with Crippen molar-refractivity contribution in [1.82, 2.24) is 24.9 Å². The number of nitrogens with one attached hydrogen (secondary N) is 1. The van der Waals surface area contributed by atoms with Gasteiger partial charge in [0.15, 0.2) is 10.2 Å². The van der Waals surface area contributed by atoms with Crippen molar-refractivity contribution in [2.24, 2.45) is 11.8 Å². The maximum Gasteiger partial charge on any atom is 0.172 e. The second-order valence-corrected chi connectivity index (χ2v) is 14.8. The molecule has 6 nitrogen and oxygen atoms in total. The van der Waals surface area contributed by atoms with E-state index in [1.165, 1.54) is 30.4 Å². The Bertz CT molecular complexity index is 1220. The number of aromatic hydroxyl groups is 1. The van der Waals surface area contributed by atoms with E-state index in [0.717, 1.165) is 68.8 Å². The molecule has 8 heteroatoms. The quantitative estimate of drug-likeness (QED) is 0.248. The van der Waals surface area contributed by atoms with Crippen LogP contribution in [-0.2, 0) is 12.8 Å². The summed E-state index contributed by atoms with van der Waals surface area (Å²) in [5.41, 5.74) is 2.62. The van der Waals surface area contributed by atoms with Gasteiger partial charge in [0.05, 0.1) is 6.04 Å². The lowest BCUT2D eigenvalue weighted by Gasteiger charge is -2.38. The molecule has 0 radical (unpaired) electrons. The van der Waals surface area contributed by atoms with Crippen molar-refractivity contribution in [3.63, 3.8) is 0 Å². The van der Waals surface area contributed by atoms with Crippen LogP contribution in [0.2, 0.25) is 0 Å². The lowest BCUT2D eigenvalue weighted by Crippen LogP contribution is -2.51. The van der Waals surface area contributed by atoms with Crippen molar-refractivity contribution in [1.29, 1.82) is 0 Å². The molecule has 2 aromatic rings. The highest BCUT2D eigenvalue weighted by molar-refractivity contribution is 7.80. The summed E-state index contributed by atoms with van der Waals surface area (Å²) >= 11 is 12.1. The molecular formula is C36H53N5OS2. The van der Waals surface area contributed by atoms with Crippen molar-refractivity contribution in [3.8, 4) is 5.75 Å². The zero-order valence-corrected chi connectivity index (χ0v) is 28.8. The largest absolute Gasteiger partial charge is 0.508 e. The SMILES string of the molecule is CC(C)C[C@H]1CN([C@@H](CC(C)C)CN2CCC[C@@H]2CN2C(=S)NC[C@@H]2Cc2ccc(O)cc2)C(=S)N1CCc1ccccc1. The molecule has 3 aliphatic rings. The molecule has 3 aliphatic heterocycles. The molecule has 44 heavy (non-hydrogen) atoms. The van der Waals surface area contributed by atoms with E-state index in [1.807, 2.05) is 12.1 Å². The summed E-state index contributed by atoms with van der Waals surface area (Å²) in [5.74, 6) is 1.56. The van der Waals surface area contributed by atoms with Crippen LogP contribution in [0, 0.1) is 11.8 Å². The fraction of sp³-hybridized carbons (Fsp3) is 0.611. The van der Waals surface area contributed by atoms with Crippen LogP contribution in [0.4, 0.5) is 0 Å². The van der Waals surface area contributed by atoms with Gasteiger partial charge < -0.3 is 25.1 Å². The molecule has 240 valence electrons. The third-order valence-electron chi connectivity index (χ3n) is 9.70. The number of phenols is 1. The van der Waals surface area contributed by atoms with Crippen molar-refractivity contribution in [2.45, 2.75) is 90.4 Å². The Morgan fingerprint density at radius 3 is 2.34 bits per heavy atom. The van der Waals surface area contributed by atoms with Gasteiger partial charge in [-0.2, -0.15) is 0 Å². The monoisotopic (exact) mass is 635 g/mol. The van der Waals surface area contributed by atoms with Crippen LogP contribution < -0.4 is 5.32 Å². The average molecular weight is 636 g/mol. The van der Waals surface area contributed by atoms with Crippen LogP contribution in [-0.4, -0.2) is 98.4 Å². The smallest absolute Gasteiger partial charge is 0.172 e. The molecule has 0 amide bonds. The molecule has 0 spiro atoms. The lowest BCUT2D eigenvalue weighted by atomic mass is 10.00. The fourth-order valence-electron chi connectivity index (χ4n) is 7.53. The van der Waals surface area contributed by atoms with Gasteiger partial charge in [-0.25, -0.2) is 0 Å². The molecule has 3 fully saturated rings. The first-order valence-electron chi connectivity index (χ1n) is 16.9.